The van der Waals surface area contributed by atoms with Crippen molar-refractivity contribution in [2.45, 2.75) is 57.6 Å². The molecule has 214 valence electrons. The highest BCUT2D eigenvalue weighted by molar-refractivity contribution is 7.92. The molecule has 3 rings (SSSR count). The van der Waals surface area contributed by atoms with Gasteiger partial charge in [0.1, 0.15) is 12.6 Å². The van der Waals surface area contributed by atoms with Crippen LogP contribution in [0.1, 0.15) is 38.3 Å². The average molecular weight is 625 g/mol. The smallest absolute Gasteiger partial charge is 0.264 e. The highest BCUT2D eigenvalue weighted by atomic mass is 35.5. The van der Waals surface area contributed by atoms with E-state index in [1.165, 1.54) is 23.1 Å². The minimum absolute atomic E-state index is 0.00121. The number of aryl methyl sites for hydroxylation is 1. The van der Waals surface area contributed by atoms with E-state index in [1.807, 2.05) is 20.8 Å². The molecule has 3 aromatic carbocycles. The van der Waals surface area contributed by atoms with Crippen molar-refractivity contribution in [2.75, 3.05) is 10.8 Å². The zero-order valence-corrected chi connectivity index (χ0v) is 25.8. The summed E-state index contributed by atoms with van der Waals surface area (Å²) in [5.41, 5.74) is 1.73. The fraction of sp³-hybridized carbons (Fsp3) is 0.310. The van der Waals surface area contributed by atoms with Crippen molar-refractivity contribution in [3.63, 3.8) is 0 Å². The van der Waals surface area contributed by atoms with Crippen LogP contribution in [0, 0.1) is 6.92 Å². The lowest BCUT2D eigenvalue weighted by atomic mass is 10.1. The summed E-state index contributed by atoms with van der Waals surface area (Å²) in [4.78, 5) is 28.4. The van der Waals surface area contributed by atoms with E-state index in [0.717, 1.165) is 9.87 Å². The number of benzene rings is 3. The fourth-order valence-electron chi connectivity index (χ4n) is 3.88. The third-order valence-corrected chi connectivity index (χ3v) is 9.25. The fourth-order valence-corrected chi connectivity index (χ4v) is 5.79. The second kappa shape index (κ2) is 13.7. The van der Waals surface area contributed by atoms with Crippen molar-refractivity contribution in [1.29, 1.82) is 0 Å². The van der Waals surface area contributed by atoms with Gasteiger partial charge >= 0.3 is 0 Å². The summed E-state index contributed by atoms with van der Waals surface area (Å²) in [6, 6.07) is 16.5. The summed E-state index contributed by atoms with van der Waals surface area (Å²) in [5.74, 6) is -0.952. The van der Waals surface area contributed by atoms with Gasteiger partial charge in [-0.25, -0.2) is 8.42 Å². The van der Waals surface area contributed by atoms with Crippen molar-refractivity contribution in [3.05, 3.63) is 92.9 Å². The molecule has 0 unspecified atom stereocenters. The maximum Gasteiger partial charge on any atom is 0.264 e. The molecule has 0 radical (unpaired) electrons. The maximum absolute atomic E-state index is 13.9. The van der Waals surface area contributed by atoms with Crippen molar-refractivity contribution >= 4 is 62.3 Å². The van der Waals surface area contributed by atoms with Gasteiger partial charge in [0.2, 0.25) is 11.8 Å². The van der Waals surface area contributed by atoms with Crippen LogP contribution in [0.3, 0.4) is 0 Å². The molecule has 0 aromatic heterocycles. The quantitative estimate of drug-likeness (QED) is 0.265. The molecule has 0 saturated heterocycles. The number of carbonyl (C=O) groups is 2. The second-order valence-electron chi connectivity index (χ2n) is 9.57. The SMILES string of the molecule is CC[C@@H](C)NC(=O)[C@H](C)N(Cc1ccc(Cl)c(Cl)c1)C(=O)CN(c1cccc(Cl)c1)S(=O)(=O)c1ccc(C)cc1. The van der Waals surface area contributed by atoms with Crippen molar-refractivity contribution in [2.24, 2.45) is 0 Å². The van der Waals surface area contributed by atoms with Gasteiger partial charge in [0.25, 0.3) is 10.0 Å². The molecule has 2 amide bonds. The van der Waals surface area contributed by atoms with Gasteiger partial charge in [-0.2, -0.15) is 0 Å². The Morgan fingerprint density at radius 3 is 2.20 bits per heavy atom. The van der Waals surface area contributed by atoms with Crippen LogP contribution in [0.2, 0.25) is 15.1 Å². The Morgan fingerprint density at radius 1 is 0.925 bits per heavy atom. The molecule has 2 atom stereocenters. The van der Waals surface area contributed by atoms with Crippen LogP contribution < -0.4 is 9.62 Å². The number of rotatable bonds is 11. The summed E-state index contributed by atoms with van der Waals surface area (Å²) in [6.07, 6.45) is 0.705. The third kappa shape index (κ3) is 7.91. The monoisotopic (exact) mass is 623 g/mol. The Labute approximate surface area is 251 Å². The number of nitrogens with zero attached hydrogens (tertiary/aromatic N) is 2. The largest absolute Gasteiger partial charge is 0.352 e. The van der Waals surface area contributed by atoms with E-state index in [-0.39, 0.29) is 29.1 Å². The molecule has 0 aliphatic heterocycles. The number of hydrogen-bond donors (Lipinski definition) is 1. The van der Waals surface area contributed by atoms with E-state index in [4.69, 9.17) is 34.8 Å². The minimum atomic E-state index is -4.18. The van der Waals surface area contributed by atoms with E-state index in [9.17, 15) is 18.0 Å². The van der Waals surface area contributed by atoms with Crippen LogP contribution in [0.25, 0.3) is 0 Å². The molecule has 11 heteroatoms. The summed E-state index contributed by atoms with van der Waals surface area (Å²) >= 11 is 18.5. The van der Waals surface area contributed by atoms with Gasteiger partial charge in [-0.05, 0) is 75.2 Å². The number of halogens is 3. The summed E-state index contributed by atoms with van der Waals surface area (Å²) in [5, 5.41) is 3.85. The Hall–Kier alpha value is -2.78. The number of anilines is 1. The first-order chi connectivity index (χ1) is 18.8. The Balaban J connectivity index is 2.04. The molecule has 0 saturated carbocycles. The summed E-state index contributed by atoms with van der Waals surface area (Å²) < 4.78 is 28.7. The molecule has 0 aliphatic carbocycles. The number of amides is 2. The van der Waals surface area contributed by atoms with E-state index in [2.05, 4.69) is 5.32 Å². The maximum atomic E-state index is 13.9. The molecule has 0 heterocycles. The summed E-state index contributed by atoms with van der Waals surface area (Å²) in [6.45, 7) is 6.68. The molecular formula is C29H32Cl3N3O4S. The summed E-state index contributed by atoms with van der Waals surface area (Å²) in [7, 11) is -4.18. The molecule has 0 bridgehead atoms. The highest BCUT2D eigenvalue weighted by Gasteiger charge is 2.33. The van der Waals surface area contributed by atoms with Crippen LogP contribution in [-0.4, -0.2) is 43.8 Å². The first-order valence-electron chi connectivity index (χ1n) is 12.7. The first-order valence-corrected chi connectivity index (χ1v) is 15.3. The molecule has 0 spiro atoms. The lowest BCUT2D eigenvalue weighted by molar-refractivity contribution is -0.139. The Kier molecular flexibility index (Phi) is 10.9. The molecule has 1 N–H and O–H groups in total. The standard InChI is InChI=1S/C29H32Cl3N3O4S/c1-5-20(3)33-29(37)21(4)34(17-22-11-14-26(31)27(32)15-22)28(36)18-35(24-8-6-7-23(30)16-24)40(38,39)25-12-9-19(2)10-13-25/h6-16,20-21H,5,17-18H2,1-4H3,(H,33,37)/t20-,21+/m1/s1. The minimum Gasteiger partial charge on any atom is -0.352 e. The molecular weight excluding hydrogens is 593 g/mol. The molecule has 40 heavy (non-hydrogen) atoms. The van der Waals surface area contributed by atoms with Gasteiger partial charge < -0.3 is 10.2 Å². The zero-order valence-electron chi connectivity index (χ0n) is 22.7. The van der Waals surface area contributed by atoms with Gasteiger partial charge in [0.05, 0.1) is 20.6 Å². The predicted molar refractivity (Wildman–Crippen MR) is 162 cm³/mol. The zero-order chi connectivity index (χ0) is 29.6. The predicted octanol–water partition coefficient (Wildman–Crippen LogP) is 6.48. The van der Waals surface area contributed by atoms with Crippen LogP contribution in [0.15, 0.2) is 71.6 Å². The van der Waals surface area contributed by atoms with Crippen molar-refractivity contribution in [1.82, 2.24) is 10.2 Å². The second-order valence-corrected chi connectivity index (χ2v) is 12.7. The molecule has 0 aliphatic rings. The van der Waals surface area contributed by atoms with Crippen LogP contribution in [-0.2, 0) is 26.2 Å². The third-order valence-electron chi connectivity index (χ3n) is 6.49. The average Bonchev–Trinajstić information content (AvgIpc) is 2.91. The van der Waals surface area contributed by atoms with E-state index >= 15 is 0 Å². The Morgan fingerprint density at radius 2 is 1.60 bits per heavy atom. The van der Waals surface area contributed by atoms with Gasteiger partial charge in [0, 0.05) is 17.6 Å². The molecule has 7 nitrogen and oxygen atoms in total. The number of nitrogens with one attached hydrogen (secondary N) is 1. The van der Waals surface area contributed by atoms with Crippen LogP contribution in [0.5, 0.6) is 0 Å². The van der Waals surface area contributed by atoms with E-state index in [1.54, 1.807) is 55.5 Å². The Bertz CT molecular complexity index is 1470. The molecule has 0 fully saturated rings. The van der Waals surface area contributed by atoms with E-state index in [0.29, 0.717) is 27.1 Å². The lowest BCUT2D eigenvalue weighted by Crippen LogP contribution is -2.52. The van der Waals surface area contributed by atoms with E-state index < -0.39 is 28.5 Å². The van der Waals surface area contributed by atoms with Crippen molar-refractivity contribution < 1.29 is 18.0 Å². The topological polar surface area (TPSA) is 86.8 Å². The van der Waals surface area contributed by atoms with Crippen LogP contribution >= 0.6 is 34.8 Å². The normalized spacial score (nSPS) is 12.9. The van der Waals surface area contributed by atoms with Gasteiger partial charge in [0.15, 0.2) is 0 Å². The van der Waals surface area contributed by atoms with Gasteiger partial charge in [-0.3, -0.25) is 13.9 Å². The lowest BCUT2D eigenvalue weighted by Gasteiger charge is -2.32. The number of carbonyl (C=O) groups excluding carboxylic acids is 2. The van der Waals surface area contributed by atoms with Crippen molar-refractivity contribution in [3.8, 4) is 0 Å². The number of sulfonamides is 1. The molecule has 3 aromatic rings. The first kappa shape index (κ1) is 31.7. The number of hydrogen-bond acceptors (Lipinski definition) is 4. The van der Waals surface area contributed by atoms with Gasteiger partial charge in [-0.15, -0.1) is 0 Å². The highest BCUT2D eigenvalue weighted by Crippen LogP contribution is 2.28. The van der Waals surface area contributed by atoms with Crippen LogP contribution in [0.4, 0.5) is 5.69 Å². The van der Waals surface area contributed by atoms with Gasteiger partial charge in [-0.1, -0.05) is 71.6 Å².